The van der Waals surface area contributed by atoms with Crippen molar-refractivity contribution in [2.24, 2.45) is 5.73 Å². The number of aromatic nitrogens is 2. The molecule has 1 aromatic rings. The van der Waals surface area contributed by atoms with Crippen LogP contribution < -0.4 is 16.4 Å². The Kier molecular flexibility index (Phi) is 3.16. The first-order chi connectivity index (χ1) is 6.63. The largest absolute Gasteiger partial charge is 0.368 e. The first-order valence-electron chi connectivity index (χ1n) is 3.86. The van der Waals surface area contributed by atoms with Gasteiger partial charge in [-0.15, -0.1) is 0 Å². The van der Waals surface area contributed by atoms with Crippen LogP contribution in [0.15, 0.2) is 6.20 Å². The molecule has 0 aromatic carbocycles. The van der Waals surface area contributed by atoms with E-state index in [1.54, 1.807) is 7.05 Å². The van der Waals surface area contributed by atoms with Crippen molar-refractivity contribution in [1.82, 2.24) is 9.97 Å². The summed E-state index contributed by atoms with van der Waals surface area (Å²) in [5.41, 5.74) is 4.88. The molecule has 0 aliphatic carbocycles. The summed E-state index contributed by atoms with van der Waals surface area (Å²) in [4.78, 5) is 17.8. The predicted molar refractivity (Wildman–Crippen MR) is 49.2 cm³/mol. The second kappa shape index (κ2) is 4.35. The Morgan fingerprint density at radius 3 is 3.00 bits per heavy atom. The maximum atomic E-state index is 13.0. The summed E-state index contributed by atoms with van der Waals surface area (Å²) < 4.78 is 13.0. The summed E-state index contributed by atoms with van der Waals surface area (Å²) in [5.74, 6) is -1.01. The van der Waals surface area contributed by atoms with E-state index < -0.39 is 11.7 Å². The molecule has 0 fully saturated rings. The van der Waals surface area contributed by atoms with Crippen LogP contribution in [-0.2, 0) is 4.79 Å². The number of primary amides is 1. The molecule has 0 saturated heterocycles. The molecule has 0 unspecified atom stereocenters. The normalized spacial score (nSPS) is 9.57. The standard InChI is InChI=1S/C7H10FN5O/c1-10-7-12-2-4(8)6(13-7)11-3-5(9)14/h2H,3H2,1H3,(H2,9,14)(H2,10,11,12,13). The third-order valence-corrected chi connectivity index (χ3v) is 1.40. The second-order valence-electron chi connectivity index (χ2n) is 2.46. The first-order valence-corrected chi connectivity index (χ1v) is 3.86. The maximum Gasteiger partial charge on any atom is 0.236 e. The van der Waals surface area contributed by atoms with E-state index in [1.165, 1.54) is 0 Å². The molecule has 0 radical (unpaired) electrons. The number of halogens is 1. The molecule has 0 aliphatic rings. The number of carbonyl (C=O) groups excluding carboxylic acids is 1. The van der Waals surface area contributed by atoms with E-state index in [0.29, 0.717) is 0 Å². The fourth-order valence-electron chi connectivity index (χ4n) is 0.782. The van der Waals surface area contributed by atoms with E-state index in [-0.39, 0.29) is 18.3 Å². The molecule has 0 aliphatic heterocycles. The zero-order valence-corrected chi connectivity index (χ0v) is 7.54. The summed E-state index contributed by atoms with van der Waals surface area (Å²) in [7, 11) is 1.60. The predicted octanol–water partition coefficient (Wildman–Crippen LogP) is -0.445. The van der Waals surface area contributed by atoms with Crippen LogP contribution in [0.4, 0.5) is 16.2 Å². The minimum Gasteiger partial charge on any atom is -0.368 e. The number of amides is 1. The molecule has 14 heavy (non-hydrogen) atoms. The number of nitrogens with two attached hydrogens (primary N) is 1. The lowest BCUT2D eigenvalue weighted by atomic mass is 10.5. The van der Waals surface area contributed by atoms with E-state index in [2.05, 4.69) is 20.6 Å². The number of nitrogens with one attached hydrogen (secondary N) is 2. The summed E-state index contributed by atoms with van der Waals surface area (Å²) in [6, 6.07) is 0. The van der Waals surface area contributed by atoms with Crippen LogP contribution >= 0.6 is 0 Å². The fraction of sp³-hybridized carbons (Fsp3) is 0.286. The number of anilines is 2. The molecule has 0 saturated carbocycles. The Balaban J connectivity index is 2.78. The monoisotopic (exact) mass is 199 g/mol. The van der Waals surface area contributed by atoms with E-state index >= 15 is 0 Å². The third-order valence-electron chi connectivity index (χ3n) is 1.40. The zero-order valence-electron chi connectivity index (χ0n) is 7.54. The molecule has 0 atom stereocenters. The first kappa shape index (κ1) is 10.2. The Hall–Kier alpha value is -1.92. The van der Waals surface area contributed by atoms with Gasteiger partial charge in [0.2, 0.25) is 11.9 Å². The molecule has 1 amide bonds. The molecule has 0 spiro atoms. The van der Waals surface area contributed by atoms with Gasteiger partial charge in [-0.3, -0.25) is 4.79 Å². The lowest BCUT2D eigenvalue weighted by Crippen LogP contribution is -2.23. The van der Waals surface area contributed by atoms with Gasteiger partial charge in [-0.25, -0.2) is 9.37 Å². The Bertz CT molecular complexity index is 343. The molecule has 1 rings (SSSR count). The Labute approximate surface area is 79.7 Å². The highest BCUT2D eigenvalue weighted by Crippen LogP contribution is 2.10. The van der Waals surface area contributed by atoms with Gasteiger partial charge in [-0.1, -0.05) is 0 Å². The molecule has 7 heteroatoms. The van der Waals surface area contributed by atoms with Gasteiger partial charge in [0.05, 0.1) is 12.7 Å². The van der Waals surface area contributed by atoms with Gasteiger partial charge in [0.1, 0.15) is 0 Å². The zero-order chi connectivity index (χ0) is 10.6. The van der Waals surface area contributed by atoms with Crippen LogP contribution in [0.1, 0.15) is 0 Å². The summed E-state index contributed by atoms with van der Waals surface area (Å²) >= 11 is 0. The van der Waals surface area contributed by atoms with Crippen LogP contribution in [0.3, 0.4) is 0 Å². The van der Waals surface area contributed by atoms with Gasteiger partial charge >= 0.3 is 0 Å². The lowest BCUT2D eigenvalue weighted by Gasteiger charge is -2.05. The summed E-state index contributed by atoms with van der Waals surface area (Å²) in [6.45, 7) is -0.170. The van der Waals surface area contributed by atoms with Crippen molar-refractivity contribution in [2.45, 2.75) is 0 Å². The number of hydrogen-bond donors (Lipinski definition) is 3. The maximum absolute atomic E-state index is 13.0. The number of rotatable bonds is 4. The minimum absolute atomic E-state index is 0.0526. The number of nitrogens with zero attached hydrogens (tertiary/aromatic N) is 2. The van der Waals surface area contributed by atoms with Crippen molar-refractivity contribution >= 4 is 17.7 Å². The average molecular weight is 199 g/mol. The van der Waals surface area contributed by atoms with E-state index in [4.69, 9.17) is 5.73 Å². The topological polar surface area (TPSA) is 92.9 Å². The van der Waals surface area contributed by atoms with Crippen LogP contribution in [0, 0.1) is 5.82 Å². The van der Waals surface area contributed by atoms with Gasteiger partial charge in [-0.05, 0) is 0 Å². The van der Waals surface area contributed by atoms with E-state index in [1.807, 2.05) is 0 Å². The molecular formula is C7H10FN5O. The summed E-state index contributed by atoms with van der Waals surface area (Å²) in [5, 5.41) is 5.08. The van der Waals surface area contributed by atoms with Crippen molar-refractivity contribution in [3.05, 3.63) is 12.0 Å². The van der Waals surface area contributed by atoms with Crippen molar-refractivity contribution in [1.29, 1.82) is 0 Å². The van der Waals surface area contributed by atoms with Gasteiger partial charge in [0.25, 0.3) is 0 Å². The number of hydrogen-bond acceptors (Lipinski definition) is 5. The van der Waals surface area contributed by atoms with Gasteiger partial charge < -0.3 is 16.4 Å². The lowest BCUT2D eigenvalue weighted by molar-refractivity contribution is -0.116. The van der Waals surface area contributed by atoms with Crippen molar-refractivity contribution in [3.8, 4) is 0 Å². The average Bonchev–Trinajstić information content (AvgIpc) is 2.16. The molecule has 6 nitrogen and oxygen atoms in total. The molecule has 1 heterocycles. The van der Waals surface area contributed by atoms with Crippen molar-refractivity contribution in [2.75, 3.05) is 24.2 Å². The molecule has 76 valence electrons. The van der Waals surface area contributed by atoms with Crippen molar-refractivity contribution in [3.63, 3.8) is 0 Å². The van der Waals surface area contributed by atoms with Crippen molar-refractivity contribution < 1.29 is 9.18 Å². The second-order valence-corrected chi connectivity index (χ2v) is 2.46. The Morgan fingerprint density at radius 2 is 2.43 bits per heavy atom. The van der Waals surface area contributed by atoms with E-state index in [0.717, 1.165) is 6.20 Å². The van der Waals surface area contributed by atoms with Crippen LogP contribution in [0.25, 0.3) is 0 Å². The van der Waals surface area contributed by atoms with Gasteiger partial charge in [-0.2, -0.15) is 4.98 Å². The smallest absolute Gasteiger partial charge is 0.236 e. The fourth-order valence-corrected chi connectivity index (χ4v) is 0.782. The highest BCUT2D eigenvalue weighted by Gasteiger charge is 2.06. The van der Waals surface area contributed by atoms with Gasteiger partial charge in [0.15, 0.2) is 11.6 Å². The molecule has 4 N–H and O–H groups in total. The SMILES string of the molecule is CNc1ncc(F)c(NCC(N)=O)n1. The quantitative estimate of drug-likeness (QED) is 0.611. The molecule has 1 aromatic heterocycles. The summed E-state index contributed by atoms with van der Waals surface area (Å²) in [6.07, 6.45) is 1.00. The van der Waals surface area contributed by atoms with Gasteiger partial charge in [0, 0.05) is 7.05 Å². The minimum atomic E-state index is -0.634. The van der Waals surface area contributed by atoms with Crippen LogP contribution in [0.5, 0.6) is 0 Å². The highest BCUT2D eigenvalue weighted by atomic mass is 19.1. The van der Waals surface area contributed by atoms with E-state index in [9.17, 15) is 9.18 Å². The molecule has 0 bridgehead atoms. The molecular weight excluding hydrogens is 189 g/mol. The van der Waals surface area contributed by atoms with Crippen LogP contribution in [0.2, 0.25) is 0 Å². The third kappa shape index (κ3) is 2.54. The Morgan fingerprint density at radius 1 is 1.71 bits per heavy atom. The number of carbonyl (C=O) groups is 1. The van der Waals surface area contributed by atoms with Crippen LogP contribution in [-0.4, -0.2) is 29.5 Å². The highest BCUT2D eigenvalue weighted by molar-refractivity contribution is 5.78.